The first kappa shape index (κ1) is 12.8. The van der Waals surface area contributed by atoms with E-state index in [4.69, 9.17) is 9.26 Å². The van der Waals surface area contributed by atoms with E-state index in [1.165, 1.54) is 0 Å². The summed E-state index contributed by atoms with van der Waals surface area (Å²) in [5, 5.41) is 8.06. The molecule has 1 aliphatic heterocycles. The van der Waals surface area contributed by atoms with Gasteiger partial charge in [0.25, 0.3) is 0 Å². The first-order chi connectivity index (χ1) is 9.20. The maximum Gasteiger partial charge on any atom is 0.241 e. The highest BCUT2D eigenvalue weighted by Gasteiger charge is 2.23. The van der Waals surface area contributed by atoms with Gasteiger partial charge in [-0.15, -0.1) is 0 Å². The fraction of sp³-hybridized carbons (Fsp3) is 0.538. The van der Waals surface area contributed by atoms with Gasteiger partial charge in [0.15, 0.2) is 0 Å². The van der Waals surface area contributed by atoms with Crippen molar-refractivity contribution < 1.29 is 9.26 Å². The third-order valence-electron chi connectivity index (χ3n) is 3.10. The van der Waals surface area contributed by atoms with Gasteiger partial charge in [0.2, 0.25) is 11.7 Å². The second kappa shape index (κ2) is 5.40. The minimum atomic E-state index is 0.253. The highest BCUT2D eigenvalue weighted by Crippen LogP contribution is 2.20. The van der Waals surface area contributed by atoms with Gasteiger partial charge in [-0.25, -0.2) is 0 Å². The van der Waals surface area contributed by atoms with Crippen LogP contribution in [-0.2, 0) is 11.3 Å². The van der Waals surface area contributed by atoms with E-state index in [1.807, 2.05) is 16.8 Å². The van der Waals surface area contributed by atoms with Crippen molar-refractivity contribution in [2.75, 3.05) is 13.1 Å². The van der Waals surface area contributed by atoms with Crippen LogP contribution in [0.5, 0.6) is 0 Å². The van der Waals surface area contributed by atoms with Crippen molar-refractivity contribution in [3.63, 3.8) is 0 Å². The SMILES string of the molecule is CC1CN(Cc2nc(-c3ccsc3)no2)CC(C)O1. The Kier molecular flexibility index (Phi) is 3.63. The van der Waals surface area contributed by atoms with Crippen LogP contribution in [0.1, 0.15) is 19.7 Å². The number of morpholine rings is 1. The summed E-state index contributed by atoms with van der Waals surface area (Å²) in [5.41, 5.74) is 1.02. The van der Waals surface area contributed by atoms with Crippen molar-refractivity contribution in [2.45, 2.75) is 32.6 Å². The lowest BCUT2D eigenvalue weighted by Crippen LogP contribution is -2.44. The molecule has 1 aliphatic rings. The summed E-state index contributed by atoms with van der Waals surface area (Å²) in [6.45, 7) is 6.68. The molecule has 1 saturated heterocycles. The average molecular weight is 279 g/mol. The smallest absolute Gasteiger partial charge is 0.241 e. The van der Waals surface area contributed by atoms with Crippen LogP contribution in [-0.4, -0.2) is 40.3 Å². The molecule has 2 unspecified atom stereocenters. The molecule has 0 bridgehead atoms. The average Bonchev–Trinajstić information content (AvgIpc) is 2.96. The standard InChI is InChI=1S/C13H17N3O2S/c1-9-5-16(6-10(2)17-9)7-12-14-13(15-18-12)11-3-4-19-8-11/h3-4,8-10H,5-7H2,1-2H3. The van der Waals surface area contributed by atoms with E-state index in [1.54, 1.807) is 11.3 Å². The summed E-state index contributed by atoms with van der Waals surface area (Å²) < 4.78 is 11.0. The van der Waals surface area contributed by atoms with Crippen molar-refractivity contribution in [1.29, 1.82) is 0 Å². The summed E-state index contributed by atoms with van der Waals surface area (Å²) >= 11 is 1.63. The molecule has 0 N–H and O–H groups in total. The number of thiophene rings is 1. The normalized spacial score (nSPS) is 24.7. The van der Waals surface area contributed by atoms with Crippen LogP contribution in [0.2, 0.25) is 0 Å². The molecular formula is C13H17N3O2S. The predicted octanol–water partition coefficient (Wildman–Crippen LogP) is 2.41. The Labute approximate surface area is 116 Å². The lowest BCUT2D eigenvalue weighted by molar-refractivity contribution is -0.0725. The molecule has 2 atom stereocenters. The molecule has 0 saturated carbocycles. The number of hydrogen-bond acceptors (Lipinski definition) is 6. The van der Waals surface area contributed by atoms with Crippen LogP contribution in [0, 0.1) is 0 Å². The lowest BCUT2D eigenvalue weighted by atomic mass is 10.2. The quantitative estimate of drug-likeness (QED) is 0.863. The largest absolute Gasteiger partial charge is 0.373 e. The summed E-state index contributed by atoms with van der Waals surface area (Å²) in [6, 6.07) is 2.00. The van der Waals surface area contributed by atoms with Gasteiger partial charge in [0, 0.05) is 24.0 Å². The molecule has 2 aromatic heterocycles. The fourth-order valence-electron chi connectivity index (χ4n) is 2.43. The zero-order chi connectivity index (χ0) is 13.2. The third kappa shape index (κ3) is 3.02. The molecule has 6 heteroatoms. The van der Waals surface area contributed by atoms with Crippen LogP contribution in [0.3, 0.4) is 0 Å². The highest BCUT2D eigenvalue weighted by atomic mass is 32.1. The Morgan fingerprint density at radius 1 is 1.37 bits per heavy atom. The van der Waals surface area contributed by atoms with Gasteiger partial charge in [-0.1, -0.05) is 5.16 Å². The van der Waals surface area contributed by atoms with E-state index < -0.39 is 0 Å². The maximum atomic E-state index is 5.71. The van der Waals surface area contributed by atoms with Crippen LogP contribution < -0.4 is 0 Å². The molecule has 0 spiro atoms. The van der Waals surface area contributed by atoms with Crippen LogP contribution in [0.15, 0.2) is 21.3 Å². The molecule has 19 heavy (non-hydrogen) atoms. The molecule has 3 heterocycles. The topological polar surface area (TPSA) is 51.4 Å². The van der Waals surface area contributed by atoms with Gasteiger partial charge in [-0.05, 0) is 25.3 Å². The molecule has 3 rings (SSSR count). The van der Waals surface area contributed by atoms with E-state index in [9.17, 15) is 0 Å². The molecule has 2 aromatic rings. The molecule has 0 aliphatic carbocycles. The van der Waals surface area contributed by atoms with Crippen molar-refractivity contribution in [2.24, 2.45) is 0 Å². The Bertz CT molecular complexity index is 516. The molecule has 102 valence electrons. The van der Waals surface area contributed by atoms with Gasteiger partial charge in [-0.3, -0.25) is 4.90 Å². The van der Waals surface area contributed by atoms with Gasteiger partial charge in [0.1, 0.15) is 0 Å². The van der Waals surface area contributed by atoms with Gasteiger partial charge in [0.05, 0.1) is 18.8 Å². The monoisotopic (exact) mass is 279 g/mol. The van der Waals surface area contributed by atoms with Crippen LogP contribution in [0.25, 0.3) is 11.4 Å². The molecule has 0 aromatic carbocycles. The molecule has 1 fully saturated rings. The number of ether oxygens (including phenoxy) is 1. The summed E-state index contributed by atoms with van der Waals surface area (Å²) in [6.07, 6.45) is 0.506. The Morgan fingerprint density at radius 3 is 2.84 bits per heavy atom. The van der Waals surface area contributed by atoms with Gasteiger partial charge < -0.3 is 9.26 Å². The van der Waals surface area contributed by atoms with Crippen molar-refractivity contribution in [1.82, 2.24) is 15.0 Å². The summed E-state index contributed by atoms with van der Waals surface area (Å²) in [4.78, 5) is 6.74. The van der Waals surface area contributed by atoms with E-state index in [2.05, 4.69) is 28.9 Å². The van der Waals surface area contributed by atoms with E-state index >= 15 is 0 Å². The third-order valence-corrected chi connectivity index (χ3v) is 3.78. The Morgan fingerprint density at radius 2 is 2.16 bits per heavy atom. The first-order valence-electron chi connectivity index (χ1n) is 6.43. The van der Waals surface area contributed by atoms with E-state index in [-0.39, 0.29) is 12.2 Å². The Hall–Kier alpha value is -1.24. The van der Waals surface area contributed by atoms with Gasteiger partial charge in [-0.2, -0.15) is 16.3 Å². The molecule has 5 nitrogen and oxygen atoms in total. The minimum Gasteiger partial charge on any atom is -0.373 e. The number of aromatic nitrogens is 2. The zero-order valence-corrected chi connectivity index (χ0v) is 11.9. The van der Waals surface area contributed by atoms with E-state index in [0.717, 1.165) is 18.7 Å². The van der Waals surface area contributed by atoms with Crippen LogP contribution in [0.4, 0.5) is 0 Å². The number of nitrogens with zero attached hydrogens (tertiary/aromatic N) is 3. The van der Waals surface area contributed by atoms with Crippen molar-refractivity contribution in [3.8, 4) is 11.4 Å². The fourth-order valence-corrected chi connectivity index (χ4v) is 3.07. The van der Waals surface area contributed by atoms with Crippen LogP contribution >= 0.6 is 11.3 Å². The highest BCUT2D eigenvalue weighted by molar-refractivity contribution is 7.08. The number of rotatable bonds is 3. The van der Waals surface area contributed by atoms with Crippen molar-refractivity contribution in [3.05, 3.63) is 22.7 Å². The number of hydrogen-bond donors (Lipinski definition) is 0. The molecule has 0 amide bonds. The zero-order valence-electron chi connectivity index (χ0n) is 11.1. The lowest BCUT2D eigenvalue weighted by Gasteiger charge is -2.34. The summed E-state index contributed by atoms with van der Waals surface area (Å²) in [7, 11) is 0. The predicted molar refractivity (Wildman–Crippen MR) is 72.9 cm³/mol. The second-order valence-corrected chi connectivity index (χ2v) is 5.76. The van der Waals surface area contributed by atoms with Crippen molar-refractivity contribution >= 4 is 11.3 Å². The Balaban J connectivity index is 1.67. The van der Waals surface area contributed by atoms with E-state index in [0.29, 0.717) is 18.3 Å². The molecular weight excluding hydrogens is 262 g/mol. The summed E-state index contributed by atoms with van der Waals surface area (Å²) in [5.74, 6) is 1.34. The van der Waals surface area contributed by atoms with Gasteiger partial charge >= 0.3 is 0 Å². The minimum absolute atomic E-state index is 0.253. The first-order valence-corrected chi connectivity index (χ1v) is 7.38. The second-order valence-electron chi connectivity index (χ2n) is 4.98. The maximum absolute atomic E-state index is 5.71. The molecule has 0 radical (unpaired) electrons.